The maximum absolute atomic E-state index is 11.7. The van der Waals surface area contributed by atoms with E-state index < -0.39 is 0 Å². The van der Waals surface area contributed by atoms with Gasteiger partial charge in [0.05, 0.1) is 24.7 Å². The van der Waals surface area contributed by atoms with Crippen LogP contribution in [0.2, 0.25) is 0 Å². The minimum absolute atomic E-state index is 0.120. The van der Waals surface area contributed by atoms with Gasteiger partial charge in [-0.1, -0.05) is 18.2 Å². The first-order valence-electron chi connectivity index (χ1n) is 6.26. The first-order chi connectivity index (χ1) is 9.78. The average Bonchev–Trinajstić information content (AvgIpc) is 2.49. The zero-order chi connectivity index (χ0) is 14.2. The van der Waals surface area contributed by atoms with E-state index in [1.54, 1.807) is 24.3 Å². The standard InChI is InChI=1S/C16H14N2O2/c17-12-13-6-8-14(9-7-13)18-16(19)10-11-20-15-4-2-1-3-5-15/h1-9H,10-11H2,(H,18,19). The number of carbonyl (C=O) groups excluding carboxylic acids is 1. The molecule has 1 N–H and O–H groups in total. The maximum atomic E-state index is 11.7. The van der Waals surface area contributed by atoms with Crippen molar-refractivity contribution in [3.8, 4) is 11.8 Å². The summed E-state index contributed by atoms with van der Waals surface area (Å²) in [6.45, 7) is 0.326. The fourth-order valence-corrected chi connectivity index (χ4v) is 1.63. The minimum Gasteiger partial charge on any atom is -0.493 e. The Labute approximate surface area is 117 Å². The van der Waals surface area contributed by atoms with Crippen molar-refractivity contribution in [2.24, 2.45) is 0 Å². The van der Waals surface area contributed by atoms with Crippen LogP contribution < -0.4 is 10.1 Å². The number of benzene rings is 2. The highest BCUT2D eigenvalue weighted by Gasteiger charge is 2.03. The van der Waals surface area contributed by atoms with E-state index in [2.05, 4.69) is 5.32 Å². The predicted octanol–water partition coefficient (Wildman–Crippen LogP) is 2.97. The van der Waals surface area contributed by atoms with Crippen LogP contribution in [0.3, 0.4) is 0 Å². The molecule has 2 aromatic carbocycles. The van der Waals surface area contributed by atoms with E-state index in [1.165, 1.54) is 0 Å². The van der Waals surface area contributed by atoms with Gasteiger partial charge in [0.2, 0.25) is 5.91 Å². The van der Waals surface area contributed by atoms with Crippen molar-refractivity contribution in [2.75, 3.05) is 11.9 Å². The molecule has 0 saturated carbocycles. The third-order valence-electron chi connectivity index (χ3n) is 2.64. The van der Waals surface area contributed by atoms with Crippen LogP contribution >= 0.6 is 0 Å². The molecule has 0 aromatic heterocycles. The highest BCUT2D eigenvalue weighted by Crippen LogP contribution is 2.10. The van der Waals surface area contributed by atoms with Gasteiger partial charge >= 0.3 is 0 Å². The van der Waals surface area contributed by atoms with Crippen LogP contribution in [0.15, 0.2) is 54.6 Å². The van der Waals surface area contributed by atoms with Crippen LogP contribution in [-0.2, 0) is 4.79 Å². The summed E-state index contributed by atoms with van der Waals surface area (Å²) in [6.07, 6.45) is 0.273. The number of hydrogen-bond acceptors (Lipinski definition) is 3. The van der Waals surface area contributed by atoms with Gasteiger partial charge in [0, 0.05) is 5.69 Å². The Kier molecular flexibility index (Phi) is 4.74. The second kappa shape index (κ2) is 6.95. The zero-order valence-corrected chi connectivity index (χ0v) is 10.9. The van der Waals surface area contributed by atoms with Crippen molar-refractivity contribution in [3.63, 3.8) is 0 Å². The Hall–Kier alpha value is -2.80. The molecule has 0 fully saturated rings. The lowest BCUT2D eigenvalue weighted by molar-refractivity contribution is -0.116. The second-order valence-electron chi connectivity index (χ2n) is 4.15. The van der Waals surface area contributed by atoms with E-state index in [9.17, 15) is 4.79 Å². The molecule has 4 nitrogen and oxygen atoms in total. The molecule has 2 aromatic rings. The smallest absolute Gasteiger partial charge is 0.227 e. The molecule has 0 aliphatic carbocycles. The largest absolute Gasteiger partial charge is 0.493 e. The molecule has 0 radical (unpaired) electrons. The van der Waals surface area contributed by atoms with Gasteiger partial charge in [0.25, 0.3) is 0 Å². The maximum Gasteiger partial charge on any atom is 0.227 e. The molecule has 0 aliphatic rings. The van der Waals surface area contributed by atoms with E-state index in [-0.39, 0.29) is 12.3 Å². The molecule has 100 valence electrons. The van der Waals surface area contributed by atoms with E-state index in [0.717, 1.165) is 5.75 Å². The number of nitrogens with one attached hydrogen (secondary N) is 1. The normalized spacial score (nSPS) is 9.55. The van der Waals surface area contributed by atoms with Crippen molar-refractivity contribution in [1.82, 2.24) is 0 Å². The van der Waals surface area contributed by atoms with Gasteiger partial charge < -0.3 is 10.1 Å². The number of amides is 1. The van der Waals surface area contributed by atoms with Crippen LogP contribution in [-0.4, -0.2) is 12.5 Å². The Morgan fingerprint density at radius 1 is 1.10 bits per heavy atom. The van der Waals surface area contributed by atoms with E-state index in [4.69, 9.17) is 10.00 Å². The SMILES string of the molecule is N#Cc1ccc(NC(=O)CCOc2ccccc2)cc1. The summed E-state index contributed by atoms with van der Waals surface area (Å²) >= 11 is 0. The van der Waals surface area contributed by atoms with E-state index >= 15 is 0 Å². The van der Waals surface area contributed by atoms with Crippen molar-refractivity contribution < 1.29 is 9.53 Å². The van der Waals surface area contributed by atoms with Gasteiger partial charge in [0.15, 0.2) is 0 Å². The molecule has 0 atom stereocenters. The molecular formula is C16H14N2O2. The van der Waals surface area contributed by atoms with Gasteiger partial charge in [0.1, 0.15) is 5.75 Å². The number of rotatable bonds is 5. The highest BCUT2D eigenvalue weighted by molar-refractivity contribution is 5.90. The Balaban J connectivity index is 1.76. The second-order valence-corrected chi connectivity index (χ2v) is 4.15. The molecule has 20 heavy (non-hydrogen) atoms. The monoisotopic (exact) mass is 266 g/mol. The molecule has 0 unspecified atom stereocenters. The molecule has 0 spiro atoms. The summed E-state index contributed by atoms with van der Waals surface area (Å²) in [5.41, 5.74) is 1.24. The van der Waals surface area contributed by atoms with Crippen LogP contribution in [0.1, 0.15) is 12.0 Å². The number of hydrogen-bond donors (Lipinski definition) is 1. The lowest BCUT2D eigenvalue weighted by Gasteiger charge is -2.07. The van der Waals surface area contributed by atoms with Crippen molar-refractivity contribution in [1.29, 1.82) is 5.26 Å². The molecular weight excluding hydrogens is 252 g/mol. The van der Waals surface area contributed by atoms with Crippen LogP contribution in [0.4, 0.5) is 5.69 Å². The fourth-order valence-electron chi connectivity index (χ4n) is 1.63. The molecule has 0 saturated heterocycles. The summed E-state index contributed by atoms with van der Waals surface area (Å²) in [6, 6.07) is 18.1. The first kappa shape index (κ1) is 13.6. The third-order valence-corrected chi connectivity index (χ3v) is 2.64. The van der Waals surface area contributed by atoms with Crippen LogP contribution in [0.5, 0.6) is 5.75 Å². The molecule has 0 heterocycles. The average molecular weight is 266 g/mol. The first-order valence-corrected chi connectivity index (χ1v) is 6.26. The number of para-hydroxylation sites is 1. The van der Waals surface area contributed by atoms with Gasteiger partial charge in [-0.25, -0.2) is 0 Å². The lowest BCUT2D eigenvalue weighted by atomic mass is 10.2. The van der Waals surface area contributed by atoms with E-state index in [0.29, 0.717) is 17.9 Å². The number of anilines is 1. The van der Waals surface area contributed by atoms with Crippen LogP contribution in [0.25, 0.3) is 0 Å². The molecule has 4 heteroatoms. The summed E-state index contributed by atoms with van der Waals surface area (Å²) in [5.74, 6) is 0.629. The van der Waals surface area contributed by atoms with Gasteiger partial charge in [-0.3, -0.25) is 4.79 Å². The number of ether oxygens (including phenoxy) is 1. The Bertz CT molecular complexity index is 601. The molecule has 0 bridgehead atoms. The number of nitrogens with zero attached hydrogens (tertiary/aromatic N) is 1. The Morgan fingerprint density at radius 3 is 2.45 bits per heavy atom. The van der Waals surface area contributed by atoms with Gasteiger partial charge in [-0.05, 0) is 36.4 Å². The molecule has 1 amide bonds. The summed E-state index contributed by atoms with van der Waals surface area (Å²) in [4.78, 5) is 11.7. The third kappa shape index (κ3) is 4.14. The van der Waals surface area contributed by atoms with Crippen molar-refractivity contribution >= 4 is 11.6 Å². The van der Waals surface area contributed by atoms with Gasteiger partial charge in [-0.15, -0.1) is 0 Å². The van der Waals surface area contributed by atoms with Crippen molar-refractivity contribution in [2.45, 2.75) is 6.42 Å². The topological polar surface area (TPSA) is 62.1 Å². The van der Waals surface area contributed by atoms with Gasteiger partial charge in [-0.2, -0.15) is 5.26 Å². The minimum atomic E-state index is -0.120. The fraction of sp³-hybridized carbons (Fsp3) is 0.125. The summed E-state index contributed by atoms with van der Waals surface area (Å²) in [5, 5.41) is 11.4. The zero-order valence-electron chi connectivity index (χ0n) is 10.9. The Morgan fingerprint density at radius 2 is 1.80 bits per heavy atom. The van der Waals surface area contributed by atoms with E-state index in [1.807, 2.05) is 36.4 Å². The lowest BCUT2D eigenvalue weighted by Crippen LogP contribution is -2.15. The summed E-state index contributed by atoms with van der Waals surface area (Å²) < 4.78 is 5.45. The van der Waals surface area contributed by atoms with Crippen LogP contribution in [0, 0.1) is 11.3 Å². The highest BCUT2D eigenvalue weighted by atomic mass is 16.5. The predicted molar refractivity (Wildman–Crippen MR) is 76.3 cm³/mol. The number of carbonyl (C=O) groups is 1. The number of nitriles is 1. The quantitative estimate of drug-likeness (QED) is 0.905. The van der Waals surface area contributed by atoms with Crippen molar-refractivity contribution in [3.05, 3.63) is 60.2 Å². The molecule has 0 aliphatic heterocycles. The summed E-state index contributed by atoms with van der Waals surface area (Å²) in [7, 11) is 0. The molecule has 2 rings (SSSR count).